The van der Waals surface area contributed by atoms with Crippen molar-refractivity contribution in [2.45, 2.75) is 17.1 Å². The molecule has 1 aromatic heterocycles. The van der Waals surface area contributed by atoms with Crippen molar-refractivity contribution in [3.63, 3.8) is 0 Å². The molecule has 0 saturated carbocycles. The molecule has 1 unspecified atom stereocenters. The van der Waals surface area contributed by atoms with Crippen LogP contribution in [-0.4, -0.2) is 23.3 Å². The zero-order valence-electron chi connectivity index (χ0n) is 14.4. The molecule has 2 aromatic carbocycles. The number of nitrogens with two attached hydrogens (primary N) is 1. The van der Waals surface area contributed by atoms with Crippen LogP contribution in [0.1, 0.15) is 6.92 Å². The lowest BCUT2D eigenvalue weighted by Crippen LogP contribution is -2.22. The number of hydrogen-bond acceptors (Lipinski definition) is 6. The Morgan fingerprint density at radius 3 is 2.69 bits per heavy atom. The van der Waals surface area contributed by atoms with Gasteiger partial charge in [0.15, 0.2) is 5.13 Å². The van der Waals surface area contributed by atoms with E-state index in [0.717, 1.165) is 21.9 Å². The van der Waals surface area contributed by atoms with Crippen molar-refractivity contribution in [1.82, 2.24) is 4.98 Å². The van der Waals surface area contributed by atoms with Gasteiger partial charge in [-0.1, -0.05) is 12.1 Å². The fraction of sp³-hybridized carbons (Fsp3) is 0.158. The highest BCUT2D eigenvalue weighted by molar-refractivity contribution is 8.00. The van der Waals surface area contributed by atoms with Gasteiger partial charge in [0, 0.05) is 21.5 Å². The van der Waals surface area contributed by atoms with Gasteiger partial charge in [0.05, 0.1) is 18.1 Å². The number of nitrogens with zero attached hydrogens (tertiary/aromatic N) is 1. The second-order valence-electron chi connectivity index (χ2n) is 5.56. The Morgan fingerprint density at radius 2 is 1.96 bits per heavy atom. The summed E-state index contributed by atoms with van der Waals surface area (Å²) in [6.07, 6.45) is 0. The average Bonchev–Trinajstić information content (AvgIpc) is 3.11. The summed E-state index contributed by atoms with van der Waals surface area (Å²) >= 11 is 2.87. The minimum absolute atomic E-state index is 0.0900. The van der Waals surface area contributed by atoms with Crippen LogP contribution in [-0.2, 0) is 4.79 Å². The first-order chi connectivity index (χ1) is 12.6. The predicted molar refractivity (Wildman–Crippen MR) is 109 cm³/mol. The molecule has 0 fully saturated rings. The standard InChI is InChI=1S/C19H19N3O2S2/c1-12(26-14-9-7-13(20)8-10-14)18(23)22-19-21-16(11-25-19)15-5-3-4-6-17(15)24-2/h3-12H,20H2,1-2H3,(H,21,22,23). The SMILES string of the molecule is COc1ccccc1-c1csc(NC(=O)C(C)Sc2ccc(N)cc2)n1. The van der Waals surface area contributed by atoms with Gasteiger partial charge in [0.2, 0.25) is 5.91 Å². The summed E-state index contributed by atoms with van der Waals surface area (Å²) in [4.78, 5) is 17.9. The normalized spacial score (nSPS) is 11.8. The van der Waals surface area contributed by atoms with Gasteiger partial charge in [0.25, 0.3) is 0 Å². The number of thioether (sulfide) groups is 1. The molecule has 0 spiro atoms. The molecular formula is C19H19N3O2S2. The number of nitrogen functional groups attached to an aromatic ring is 1. The van der Waals surface area contributed by atoms with Gasteiger partial charge in [-0.05, 0) is 43.3 Å². The molecule has 3 aromatic rings. The number of methoxy groups -OCH3 is 1. The van der Waals surface area contributed by atoms with E-state index in [9.17, 15) is 4.79 Å². The van der Waals surface area contributed by atoms with Gasteiger partial charge in [-0.25, -0.2) is 4.98 Å². The minimum Gasteiger partial charge on any atom is -0.496 e. The second-order valence-corrected chi connectivity index (χ2v) is 7.83. The first kappa shape index (κ1) is 18.3. The fourth-order valence-corrected chi connectivity index (χ4v) is 3.90. The summed E-state index contributed by atoms with van der Waals surface area (Å²) in [5.74, 6) is 0.663. The molecule has 1 amide bonds. The number of nitrogens with one attached hydrogen (secondary N) is 1. The van der Waals surface area contributed by atoms with Crippen molar-refractivity contribution in [3.05, 3.63) is 53.9 Å². The zero-order chi connectivity index (χ0) is 18.5. The van der Waals surface area contributed by atoms with Crippen molar-refractivity contribution in [2.24, 2.45) is 0 Å². The molecule has 0 bridgehead atoms. The van der Waals surface area contributed by atoms with Crippen LogP contribution in [0.25, 0.3) is 11.3 Å². The number of ether oxygens (including phenoxy) is 1. The van der Waals surface area contributed by atoms with Crippen molar-refractivity contribution in [1.29, 1.82) is 0 Å². The molecule has 1 heterocycles. The third kappa shape index (κ3) is 4.36. The highest BCUT2D eigenvalue weighted by Gasteiger charge is 2.17. The third-order valence-electron chi connectivity index (χ3n) is 3.68. The number of carbonyl (C=O) groups excluding carboxylic acids is 1. The first-order valence-electron chi connectivity index (χ1n) is 7.99. The lowest BCUT2D eigenvalue weighted by molar-refractivity contribution is -0.115. The molecule has 0 aliphatic carbocycles. The zero-order valence-corrected chi connectivity index (χ0v) is 16.1. The molecule has 26 heavy (non-hydrogen) atoms. The summed E-state index contributed by atoms with van der Waals surface area (Å²) in [7, 11) is 1.63. The number of hydrogen-bond donors (Lipinski definition) is 2. The van der Waals surface area contributed by atoms with Gasteiger partial charge in [-0.2, -0.15) is 0 Å². The van der Waals surface area contributed by atoms with Crippen LogP contribution in [0.4, 0.5) is 10.8 Å². The van der Waals surface area contributed by atoms with E-state index in [1.165, 1.54) is 23.1 Å². The third-order valence-corrected chi connectivity index (χ3v) is 5.55. The summed E-state index contributed by atoms with van der Waals surface area (Å²) in [5.41, 5.74) is 8.07. The predicted octanol–water partition coefficient (Wildman–Crippen LogP) is 4.52. The number of aromatic nitrogens is 1. The monoisotopic (exact) mass is 385 g/mol. The Kier molecular flexibility index (Phi) is 5.80. The number of para-hydroxylation sites is 1. The summed E-state index contributed by atoms with van der Waals surface area (Å²) in [6.45, 7) is 1.87. The van der Waals surface area contributed by atoms with Gasteiger partial charge >= 0.3 is 0 Å². The van der Waals surface area contributed by atoms with E-state index in [4.69, 9.17) is 10.5 Å². The quantitative estimate of drug-likeness (QED) is 0.482. The second kappa shape index (κ2) is 8.25. The van der Waals surface area contributed by atoms with E-state index < -0.39 is 0 Å². The van der Waals surface area contributed by atoms with Crippen LogP contribution >= 0.6 is 23.1 Å². The molecule has 5 nitrogen and oxygen atoms in total. The van der Waals surface area contributed by atoms with Gasteiger partial charge in [0.1, 0.15) is 5.75 Å². The molecule has 0 aliphatic rings. The van der Waals surface area contributed by atoms with Crippen LogP contribution in [0.2, 0.25) is 0 Å². The molecule has 134 valence electrons. The molecule has 0 radical (unpaired) electrons. The number of benzene rings is 2. The molecular weight excluding hydrogens is 366 g/mol. The topological polar surface area (TPSA) is 77.2 Å². The smallest absolute Gasteiger partial charge is 0.239 e. The molecule has 3 N–H and O–H groups in total. The van der Waals surface area contributed by atoms with Crippen molar-refractivity contribution in [2.75, 3.05) is 18.2 Å². The van der Waals surface area contributed by atoms with Crippen molar-refractivity contribution < 1.29 is 9.53 Å². The van der Waals surface area contributed by atoms with E-state index in [0.29, 0.717) is 10.8 Å². The van der Waals surface area contributed by atoms with Crippen LogP contribution in [0, 0.1) is 0 Å². The Bertz CT molecular complexity index is 894. The maximum absolute atomic E-state index is 12.4. The number of thiazole rings is 1. The van der Waals surface area contributed by atoms with Crippen LogP contribution in [0.5, 0.6) is 5.75 Å². The van der Waals surface area contributed by atoms with E-state index in [1.807, 2.05) is 60.8 Å². The molecule has 7 heteroatoms. The Balaban J connectivity index is 1.66. The summed E-state index contributed by atoms with van der Waals surface area (Å²) in [5, 5.41) is 5.11. The fourth-order valence-electron chi connectivity index (χ4n) is 2.32. The number of anilines is 2. The van der Waals surface area contributed by atoms with Gasteiger partial charge in [-0.15, -0.1) is 23.1 Å². The number of carbonyl (C=O) groups is 1. The lowest BCUT2D eigenvalue weighted by Gasteiger charge is -2.10. The highest BCUT2D eigenvalue weighted by atomic mass is 32.2. The maximum atomic E-state index is 12.4. The van der Waals surface area contributed by atoms with Gasteiger partial charge < -0.3 is 15.8 Å². The molecule has 0 saturated heterocycles. The lowest BCUT2D eigenvalue weighted by atomic mass is 10.1. The van der Waals surface area contributed by atoms with Crippen LogP contribution in [0.15, 0.2) is 58.8 Å². The molecule has 1 atom stereocenters. The van der Waals surface area contributed by atoms with E-state index >= 15 is 0 Å². The van der Waals surface area contributed by atoms with Crippen molar-refractivity contribution >= 4 is 39.8 Å². The van der Waals surface area contributed by atoms with E-state index in [2.05, 4.69) is 10.3 Å². The number of rotatable bonds is 6. The van der Waals surface area contributed by atoms with E-state index in [1.54, 1.807) is 7.11 Å². The molecule has 0 aliphatic heterocycles. The Hall–Kier alpha value is -2.51. The summed E-state index contributed by atoms with van der Waals surface area (Å²) < 4.78 is 5.37. The number of amides is 1. The molecule has 3 rings (SSSR count). The van der Waals surface area contributed by atoms with Crippen LogP contribution < -0.4 is 15.8 Å². The average molecular weight is 386 g/mol. The van der Waals surface area contributed by atoms with Crippen molar-refractivity contribution in [3.8, 4) is 17.0 Å². The largest absolute Gasteiger partial charge is 0.496 e. The van der Waals surface area contributed by atoms with E-state index in [-0.39, 0.29) is 11.2 Å². The van der Waals surface area contributed by atoms with Crippen LogP contribution in [0.3, 0.4) is 0 Å². The van der Waals surface area contributed by atoms with Gasteiger partial charge in [-0.3, -0.25) is 4.79 Å². The maximum Gasteiger partial charge on any atom is 0.239 e. The first-order valence-corrected chi connectivity index (χ1v) is 9.74. The minimum atomic E-state index is -0.253. The highest BCUT2D eigenvalue weighted by Crippen LogP contribution is 2.32. The summed E-state index contributed by atoms with van der Waals surface area (Å²) in [6, 6.07) is 15.1. The Morgan fingerprint density at radius 1 is 1.23 bits per heavy atom. The Labute approximate surface area is 160 Å².